The quantitative estimate of drug-likeness (QED) is 0.366. The van der Waals surface area contributed by atoms with Gasteiger partial charge in [-0.1, -0.05) is 18.2 Å². The molecule has 5 nitrogen and oxygen atoms in total. The molecule has 0 amide bonds. The van der Waals surface area contributed by atoms with Crippen LogP contribution in [0.5, 0.6) is 0 Å². The number of carbonyl (C=O) groups excluding carboxylic acids is 1. The first-order chi connectivity index (χ1) is 10.5. The first-order valence-electron chi connectivity index (χ1n) is 6.71. The van der Waals surface area contributed by atoms with E-state index in [1.807, 2.05) is 43.3 Å². The SMILES string of the molecule is CN(C)c1ccc(C=CC(=O)c2ccc([N+](=O)[O-])cc2)cc1. The summed E-state index contributed by atoms with van der Waals surface area (Å²) in [6.45, 7) is 0. The van der Waals surface area contributed by atoms with Crippen LogP contribution in [0, 0.1) is 10.1 Å². The standard InChI is InChI=1S/C17H16N2O3/c1-18(2)15-8-3-13(4-9-15)5-12-17(20)14-6-10-16(11-7-14)19(21)22/h3-12H,1-2H3. The summed E-state index contributed by atoms with van der Waals surface area (Å²) in [6, 6.07) is 13.4. The predicted molar refractivity (Wildman–Crippen MR) is 87.2 cm³/mol. The number of allylic oxidation sites excluding steroid dienone is 1. The van der Waals surface area contributed by atoms with Gasteiger partial charge in [0.25, 0.3) is 5.69 Å². The van der Waals surface area contributed by atoms with E-state index >= 15 is 0 Å². The van der Waals surface area contributed by atoms with Gasteiger partial charge < -0.3 is 4.90 Å². The third-order valence-electron chi connectivity index (χ3n) is 3.20. The Morgan fingerprint density at radius 3 is 2.14 bits per heavy atom. The Hall–Kier alpha value is -2.95. The third-order valence-corrected chi connectivity index (χ3v) is 3.20. The fourth-order valence-corrected chi connectivity index (χ4v) is 1.90. The van der Waals surface area contributed by atoms with E-state index in [4.69, 9.17) is 0 Å². The highest BCUT2D eigenvalue weighted by molar-refractivity contribution is 6.06. The maximum atomic E-state index is 12.0. The van der Waals surface area contributed by atoms with Gasteiger partial charge in [-0.25, -0.2) is 0 Å². The van der Waals surface area contributed by atoms with Gasteiger partial charge in [0.15, 0.2) is 5.78 Å². The Balaban J connectivity index is 2.08. The molecule has 112 valence electrons. The normalized spacial score (nSPS) is 10.6. The fourth-order valence-electron chi connectivity index (χ4n) is 1.90. The minimum Gasteiger partial charge on any atom is -0.378 e. The van der Waals surface area contributed by atoms with Gasteiger partial charge >= 0.3 is 0 Å². The molecule has 2 rings (SSSR count). The maximum absolute atomic E-state index is 12.0. The molecule has 0 aromatic heterocycles. The van der Waals surface area contributed by atoms with E-state index in [1.54, 1.807) is 6.08 Å². The van der Waals surface area contributed by atoms with Crippen molar-refractivity contribution in [1.82, 2.24) is 0 Å². The molecule has 22 heavy (non-hydrogen) atoms. The molecule has 0 saturated carbocycles. The molecule has 0 aliphatic heterocycles. The van der Waals surface area contributed by atoms with Crippen molar-refractivity contribution >= 4 is 23.2 Å². The summed E-state index contributed by atoms with van der Waals surface area (Å²) >= 11 is 0. The van der Waals surface area contributed by atoms with E-state index in [2.05, 4.69) is 0 Å². The van der Waals surface area contributed by atoms with E-state index in [0.717, 1.165) is 11.3 Å². The highest BCUT2D eigenvalue weighted by atomic mass is 16.6. The highest BCUT2D eigenvalue weighted by Crippen LogP contribution is 2.15. The van der Waals surface area contributed by atoms with E-state index in [-0.39, 0.29) is 11.5 Å². The van der Waals surface area contributed by atoms with Crippen molar-refractivity contribution in [1.29, 1.82) is 0 Å². The van der Waals surface area contributed by atoms with Crippen molar-refractivity contribution in [3.05, 3.63) is 75.8 Å². The molecule has 2 aromatic rings. The number of nitro benzene ring substituents is 1. The topological polar surface area (TPSA) is 63.5 Å². The van der Waals surface area contributed by atoms with E-state index < -0.39 is 4.92 Å². The minimum absolute atomic E-state index is 0.0280. The summed E-state index contributed by atoms with van der Waals surface area (Å²) in [4.78, 5) is 24.1. The lowest BCUT2D eigenvalue weighted by molar-refractivity contribution is -0.384. The number of ketones is 1. The molecule has 0 fully saturated rings. The second kappa shape index (κ2) is 6.67. The molecule has 5 heteroatoms. The lowest BCUT2D eigenvalue weighted by Crippen LogP contribution is -2.07. The van der Waals surface area contributed by atoms with E-state index in [9.17, 15) is 14.9 Å². The molecule has 0 radical (unpaired) electrons. The average Bonchev–Trinajstić information content (AvgIpc) is 2.53. The molecule has 0 aliphatic rings. The van der Waals surface area contributed by atoms with Gasteiger partial charge in [0.05, 0.1) is 4.92 Å². The number of rotatable bonds is 5. The molecule has 0 saturated heterocycles. The number of hydrogen-bond donors (Lipinski definition) is 0. The van der Waals surface area contributed by atoms with Crippen molar-refractivity contribution in [2.75, 3.05) is 19.0 Å². The minimum atomic E-state index is -0.490. The van der Waals surface area contributed by atoms with Crippen molar-refractivity contribution in [3.8, 4) is 0 Å². The molecule has 0 atom stereocenters. The lowest BCUT2D eigenvalue weighted by atomic mass is 10.1. The van der Waals surface area contributed by atoms with Crippen LogP contribution in [0.1, 0.15) is 15.9 Å². The summed E-state index contributed by atoms with van der Waals surface area (Å²) in [6.07, 6.45) is 3.19. The van der Waals surface area contributed by atoms with Crippen molar-refractivity contribution in [2.24, 2.45) is 0 Å². The molecular weight excluding hydrogens is 280 g/mol. The Morgan fingerprint density at radius 2 is 1.64 bits per heavy atom. The summed E-state index contributed by atoms with van der Waals surface area (Å²) < 4.78 is 0. The number of anilines is 1. The Labute approximate surface area is 128 Å². The van der Waals surface area contributed by atoms with Gasteiger partial charge in [0.2, 0.25) is 0 Å². The lowest BCUT2D eigenvalue weighted by Gasteiger charge is -2.11. The summed E-state index contributed by atoms with van der Waals surface area (Å²) in [5.74, 6) is -0.188. The summed E-state index contributed by atoms with van der Waals surface area (Å²) in [5.41, 5.74) is 2.39. The van der Waals surface area contributed by atoms with Gasteiger partial charge in [-0.2, -0.15) is 0 Å². The van der Waals surface area contributed by atoms with E-state index in [1.165, 1.54) is 30.3 Å². The number of non-ortho nitro benzene ring substituents is 1. The molecule has 0 N–H and O–H groups in total. The Morgan fingerprint density at radius 1 is 1.05 bits per heavy atom. The van der Waals surface area contributed by atoms with Crippen molar-refractivity contribution in [2.45, 2.75) is 0 Å². The molecule has 0 bridgehead atoms. The number of carbonyl (C=O) groups is 1. The second-order valence-corrected chi connectivity index (χ2v) is 4.99. The molecule has 0 heterocycles. The monoisotopic (exact) mass is 296 g/mol. The van der Waals surface area contributed by atoms with Crippen LogP contribution in [0.4, 0.5) is 11.4 Å². The number of nitro groups is 1. The third kappa shape index (κ3) is 3.79. The number of hydrogen-bond acceptors (Lipinski definition) is 4. The maximum Gasteiger partial charge on any atom is 0.269 e. The van der Waals surface area contributed by atoms with Crippen LogP contribution in [0.2, 0.25) is 0 Å². The van der Waals surface area contributed by atoms with E-state index in [0.29, 0.717) is 5.56 Å². The van der Waals surface area contributed by atoms with Crippen LogP contribution in [0.3, 0.4) is 0 Å². The Bertz CT molecular complexity index is 702. The molecule has 0 aliphatic carbocycles. The van der Waals surface area contributed by atoms with Crippen LogP contribution in [0.15, 0.2) is 54.6 Å². The molecule has 0 unspecified atom stereocenters. The van der Waals surface area contributed by atoms with Crippen LogP contribution < -0.4 is 4.90 Å². The van der Waals surface area contributed by atoms with Crippen molar-refractivity contribution in [3.63, 3.8) is 0 Å². The summed E-state index contributed by atoms with van der Waals surface area (Å²) in [5, 5.41) is 10.6. The fraction of sp³-hybridized carbons (Fsp3) is 0.118. The van der Waals surface area contributed by atoms with Crippen LogP contribution in [-0.4, -0.2) is 24.8 Å². The first-order valence-corrected chi connectivity index (χ1v) is 6.71. The largest absolute Gasteiger partial charge is 0.378 e. The van der Waals surface area contributed by atoms with Crippen LogP contribution in [0.25, 0.3) is 6.08 Å². The molecular formula is C17H16N2O3. The van der Waals surface area contributed by atoms with Crippen LogP contribution >= 0.6 is 0 Å². The smallest absolute Gasteiger partial charge is 0.269 e. The molecule has 2 aromatic carbocycles. The first kappa shape index (κ1) is 15.4. The average molecular weight is 296 g/mol. The summed E-state index contributed by atoms with van der Waals surface area (Å²) in [7, 11) is 3.92. The van der Waals surface area contributed by atoms with Gasteiger partial charge in [0, 0.05) is 37.5 Å². The van der Waals surface area contributed by atoms with Gasteiger partial charge in [-0.3, -0.25) is 14.9 Å². The zero-order valence-corrected chi connectivity index (χ0v) is 12.4. The highest BCUT2D eigenvalue weighted by Gasteiger charge is 2.07. The number of nitrogens with zero attached hydrogens (tertiary/aromatic N) is 2. The van der Waals surface area contributed by atoms with Gasteiger partial charge in [-0.15, -0.1) is 0 Å². The van der Waals surface area contributed by atoms with Gasteiger partial charge in [-0.05, 0) is 35.9 Å². The predicted octanol–water partition coefficient (Wildman–Crippen LogP) is 3.56. The second-order valence-electron chi connectivity index (χ2n) is 4.99. The zero-order valence-electron chi connectivity index (χ0n) is 12.4. The molecule has 0 spiro atoms. The van der Waals surface area contributed by atoms with Crippen LogP contribution in [-0.2, 0) is 0 Å². The number of benzene rings is 2. The van der Waals surface area contributed by atoms with Gasteiger partial charge in [0.1, 0.15) is 0 Å². The zero-order chi connectivity index (χ0) is 16.1. The Kier molecular flexibility index (Phi) is 4.68. The van der Waals surface area contributed by atoms with Crippen molar-refractivity contribution < 1.29 is 9.72 Å².